The van der Waals surface area contributed by atoms with Crippen LogP contribution in [0.4, 0.5) is 5.82 Å². The third-order valence-corrected chi connectivity index (χ3v) is 4.47. The molecule has 0 saturated carbocycles. The highest BCUT2D eigenvalue weighted by Gasteiger charge is 2.26. The predicted octanol–water partition coefficient (Wildman–Crippen LogP) is 0.0580. The molecule has 1 saturated heterocycles. The van der Waals surface area contributed by atoms with Gasteiger partial charge in [-0.2, -0.15) is 0 Å². The summed E-state index contributed by atoms with van der Waals surface area (Å²) in [7, 11) is -1.63. The van der Waals surface area contributed by atoms with Gasteiger partial charge in [-0.15, -0.1) is 0 Å². The van der Waals surface area contributed by atoms with Crippen molar-refractivity contribution in [2.75, 3.05) is 37.8 Å². The summed E-state index contributed by atoms with van der Waals surface area (Å²) >= 11 is 0. The SMILES string of the molecule is CN(C(=O)CNS(C)(=O)=O)[C@@H]1CCCN(c2ccccn2)C1. The van der Waals surface area contributed by atoms with Crippen LogP contribution in [0, 0.1) is 0 Å². The van der Waals surface area contributed by atoms with Gasteiger partial charge in [0.2, 0.25) is 15.9 Å². The van der Waals surface area contributed by atoms with Crippen LogP contribution < -0.4 is 9.62 Å². The second-order valence-electron chi connectivity index (χ2n) is 5.53. The predicted molar refractivity (Wildman–Crippen MR) is 85.1 cm³/mol. The van der Waals surface area contributed by atoms with Gasteiger partial charge < -0.3 is 9.80 Å². The minimum absolute atomic E-state index is 0.0598. The fraction of sp³-hybridized carbons (Fsp3) is 0.571. The Morgan fingerprint density at radius 1 is 1.50 bits per heavy atom. The van der Waals surface area contributed by atoms with Gasteiger partial charge in [-0.1, -0.05) is 6.07 Å². The van der Waals surface area contributed by atoms with E-state index in [0.717, 1.165) is 31.5 Å². The maximum atomic E-state index is 12.1. The van der Waals surface area contributed by atoms with E-state index in [1.54, 1.807) is 18.1 Å². The molecule has 122 valence electrons. The lowest BCUT2D eigenvalue weighted by Gasteiger charge is -2.38. The van der Waals surface area contributed by atoms with Gasteiger partial charge in [0, 0.05) is 32.4 Å². The molecule has 2 rings (SSSR count). The van der Waals surface area contributed by atoms with Crippen LogP contribution in [0.25, 0.3) is 0 Å². The van der Waals surface area contributed by atoms with E-state index in [0.29, 0.717) is 6.54 Å². The van der Waals surface area contributed by atoms with Crippen molar-refractivity contribution in [3.63, 3.8) is 0 Å². The number of anilines is 1. The van der Waals surface area contributed by atoms with E-state index in [9.17, 15) is 13.2 Å². The van der Waals surface area contributed by atoms with Crippen LogP contribution in [0.5, 0.6) is 0 Å². The number of rotatable bonds is 5. The molecule has 0 bridgehead atoms. The zero-order chi connectivity index (χ0) is 16.2. The normalized spacial score (nSPS) is 19.0. The highest BCUT2D eigenvalue weighted by atomic mass is 32.2. The molecule has 1 N–H and O–H groups in total. The molecular formula is C14H22N4O3S. The lowest BCUT2D eigenvalue weighted by atomic mass is 10.0. The fourth-order valence-electron chi connectivity index (χ4n) is 2.54. The number of hydrogen-bond acceptors (Lipinski definition) is 5. The zero-order valence-corrected chi connectivity index (χ0v) is 13.7. The van der Waals surface area contributed by atoms with E-state index in [2.05, 4.69) is 14.6 Å². The lowest BCUT2D eigenvalue weighted by Crippen LogP contribution is -2.51. The number of carbonyl (C=O) groups is 1. The van der Waals surface area contributed by atoms with Crippen LogP contribution in [0.1, 0.15) is 12.8 Å². The second kappa shape index (κ2) is 7.06. The van der Waals surface area contributed by atoms with E-state index >= 15 is 0 Å². The number of carbonyl (C=O) groups excluding carboxylic acids is 1. The summed E-state index contributed by atoms with van der Waals surface area (Å²) < 4.78 is 24.4. The van der Waals surface area contributed by atoms with E-state index in [-0.39, 0.29) is 18.5 Å². The fourth-order valence-corrected chi connectivity index (χ4v) is 2.93. The quantitative estimate of drug-likeness (QED) is 0.827. The standard InChI is InChI=1S/C14H22N4O3S/c1-17(14(19)10-16-22(2,20)21)12-6-5-9-18(11-12)13-7-3-4-8-15-13/h3-4,7-8,12,16H,5-6,9-11H2,1-2H3/t12-/m1/s1. The smallest absolute Gasteiger partial charge is 0.237 e. The van der Waals surface area contributed by atoms with Gasteiger partial charge >= 0.3 is 0 Å². The number of aromatic nitrogens is 1. The van der Waals surface area contributed by atoms with Gasteiger partial charge in [0.25, 0.3) is 0 Å². The van der Waals surface area contributed by atoms with Gasteiger partial charge in [-0.05, 0) is 25.0 Å². The molecule has 0 radical (unpaired) electrons. The van der Waals surface area contributed by atoms with Gasteiger partial charge in [-0.25, -0.2) is 18.1 Å². The van der Waals surface area contributed by atoms with Crippen LogP contribution in [0.3, 0.4) is 0 Å². The molecule has 1 aliphatic rings. The molecule has 0 unspecified atom stereocenters. The highest BCUT2D eigenvalue weighted by molar-refractivity contribution is 7.88. The molecule has 0 aliphatic carbocycles. The number of hydrogen-bond donors (Lipinski definition) is 1. The van der Waals surface area contributed by atoms with Crippen LogP contribution in [0.2, 0.25) is 0 Å². The van der Waals surface area contributed by atoms with Crippen molar-refractivity contribution in [3.8, 4) is 0 Å². The molecule has 1 aliphatic heterocycles. The van der Waals surface area contributed by atoms with E-state index < -0.39 is 10.0 Å². The Morgan fingerprint density at radius 2 is 2.27 bits per heavy atom. The molecule has 1 atom stereocenters. The summed E-state index contributed by atoms with van der Waals surface area (Å²) in [5.41, 5.74) is 0. The first-order chi connectivity index (χ1) is 10.4. The average molecular weight is 326 g/mol. The van der Waals surface area contributed by atoms with Crippen LogP contribution in [-0.2, 0) is 14.8 Å². The van der Waals surface area contributed by atoms with Crippen molar-refractivity contribution in [2.45, 2.75) is 18.9 Å². The largest absolute Gasteiger partial charge is 0.355 e. The Kier molecular flexibility index (Phi) is 5.36. The molecular weight excluding hydrogens is 304 g/mol. The summed E-state index contributed by atoms with van der Waals surface area (Å²) in [6, 6.07) is 5.83. The summed E-state index contributed by atoms with van der Waals surface area (Å²) in [6.07, 6.45) is 4.68. The van der Waals surface area contributed by atoms with Crippen LogP contribution >= 0.6 is 0 Å². The van der Waals surface area contributed by atoms with E-state index in [1.807, 2.05) is 18.2 Å². The summed E-state index contributed by atoms with van der Waals surface area (Å²) in [5.74, 6) is 0.681. The van der Waals surface area contributed by atoms with E-state index in [4.69, 9.17) is 0 Å². The topological polar surface area (TPSA) is 82.6 Å². The van der Waals surface area contributed by atoms with Crippen LogP contribution in [-0.4, -0.2) is 63.2 Å². The van der Waals surface area contributed by atoms with Gasteiger partial charge in [0.1, 0.15) is 5.82 Å². The van der Waals surface area contributed by atoms with Crippen LogP contribution in [0.15, 0.2) is 24.4 Å². The first-order valence-electron chi connectivity index (χ1n) is 7.23. The number of likely N-dealkylation sites (N-methyl/N-ethyl adjacent to an activating group) is 1. The highest BCUT2D eigenvalue weighted by Crippen LogP contribution is 2.19. The zero-order valence-electron chi connectivity index (χ0n) is 12.9. The number of nitrogens with zero attached hydrogens (tertiary/aromatic N) is 3. The van der Waals surface area contributed by atoms with Crippen molar-refractivity contribution < 1.29 is 13.2 Å². The molecule has 7 nitrogen and oxygen atoms in total. The van der Waals surface area contributed by atoms with Gasteiger partial charge in [0.15, 0.2) is 0 Å². The average Bonchev–Trinajstić information content (AvgIpc) is 2.52. The Balaban J connectivity index is 1.95. The summed E-state index contributed by atoms with van der Waals surface area (Å²) in [4.78, 5) is 20.2. The maximum absolute atomic E-state index is 12.1. The van der Waals surface area contributed by atoms with Crippen molar-refractivity contribution in [1.29, 1.82) is 0 Å². The molecule has 22 heavy (non-hydrogen) atoms. The Labute approximate surface area is 131 Å². The van der Waals surface area contributed by atoms with Crippen molar-refractivity contribution in [2.24, 2.45) is 0 Å². The Morgan fingerprint density at radius 3 is 2.91 bits per heavy atom. The molecule has 8 heteroatoms. The first-order valence-corrected chi connectivity index (χ1v) is 9.12. The molecule has 2 heterocycles. The molecule has 1 aromatic rings. The lowest BCUT2D eigenvalue weighted by molar-refractivity contribution is -0.130. The maximum Gasteiger partial charge on any atom is 0.237 e. The molecule has 1 aromatic heterocycles. The number of sulfonamides is 1. The number of piperidine rings is 1. The first kappa shape index (κ1) is 16.7. The monoisotopic (exact) mass is 326 g/mol. The Hall–Kier alpha value is -1.67. The molecule has 1 fully saturated rings. The Bertz CT molecular complexity index is 606. The minimum atomic E-state index is -3.36. The number of nitrogens with one attached hydrogen (secondary N) is 1. The molecule has 0 aromatic carbocycles. The number of amides is 1. The summed E-state index contributed by atoms with van der Waals surface area (Å²) in [5, 5.41) is 0. The second-order valence-corrected chi connectivity index (χ2v) is 7.36. The van der Waals surface area contributed by atoms with Gasteiger partial charge in [-0.3, -0.25) is 4.79 Å². The van der Waals surface area contributed by atoms with Crippen molar-refractivity contribution in [1.82, 2.24) is 14.6 Å². The summed E-state index contributed by atoms with van der Waals surface area (Å²) in [6.45, 7) is 1.42. The molecule has 1 amide bonds. The minimum Gasteiger partial charge on any atom is -0.355 e. The third kappa shape index (κ3) is 4.67. The van der Waals surface area contributed by atoms with Crippen molar-refractivity contribution in [3.05, 3.63) is 24.4 Å². The van der Waals surface area contributed by atoms with Gasteiger partial charge in [0.05, 0.1) is 12.8 Å². The number of pyridine rings is 1. The van der Waals surface area contributed by atoms with Crippen molar-refractivity contribution >= 4 is 21.7 Å². The molecule has 0 spiro atoms. The van der Waals surface area contributed by atoms with E-state index in [1.165, 1.54) is 0 Å². The third-order valence-electron chi connectivity index (χ3n) is 3.80.